The Morgan fingerprint density at radius 2 is 1.97 bits per heavy atom. The van der Waals surface area contributed by atoms with Crippen LogP contribution in [0.2, 0.25) is 5.02 Å². The van der Waals surface area contributed by atoms with Crippen molar-refractivity contribution in [3.63, 3.8) is 0 Å². The highest BCUT2D eigenvalue weighted by molar-refractivity contribution is 6.31. The lowest BCUT2D eigenvalue weighted by Gasteiger charge is -2.24. The minimum Gasteiger partial charge on any atom is -0.496 e. The minimum atomic E-state index is -0.817. The Hall–Kier alpha value is -3.18. The molecule has 3 heterocycles. The third-order valence-corrected chi connectivity index (χ3v) is 6.69. The SMILES string of the molecule is COc1cc2ncnc(Nc3ccc(F)c(Cl)c3)c2cc1CC(=O)/C(F)=C/CN1C[C@@H]2OCCO[C@H]2C1. The highest BCUT2D eigenvalue weighted by atomic mass is 35.5. The molecule has 0 amide bonds. The number of hydrogen-bond acceptors (Lipinski definition) is 8. The molecular weight excluding hydrogens is 506 g/mol. The Kier molecular flexibility index (Phi) is 7.61. The second-order valence-electron chi connectivity index (χ2n) is 8.85. The molecule has 194 valence electrons. The topological polar surface area (TPSA) is 85.8 Å². The first-order chi connectivity index (χ1) is 17.9. The van der Waals surface area contributed by atoms with Crippen LogP contribution in [0.3, 0.4) is 0 Å². The molecule has 2 aromatic carbocycles. The van der Waals surface area contributed by atoms with Crippen LogP contribution in [0.15, 0.2) is 48.6 Å². The molecule has 1 N–H and O–H groups in total. The molecule has 37 heavy (non-hydrogen) atoms. The lowest BCUT2D eigenvalue weighted by atomic mass is 10.0. The Balaban J connectivity index is 1.33. The number of fused-ring (bicyclic) bond motifs is 2. The molecular formula is C26H25ClF2N4O4. The van der Waals surface area contributed by atoms with Crippen molar-refractivity contribution < 1.29 is 27.8 Å². The van der Waals surface area contributed by atoms with Crippen molar-refractivity contribution >= 4 is 39.8 Å². The van der Waals surface area contributed by atoms with Gasteiger partial charge in [-0.25, -0.2) is 18.7 Å². The second-order valence-corrected chi connectivity index (χ2v) is 9.25. The van der Waals surface area contributed by atoms with Crippen LogP contribution >= 0.6 is 11.6 Å². The molecule has 0 unspecified atom stereocenters. The molecule has 2 aliphatic heterocycles. The number of anilines is 2. The number of Topliss-reactive ketones (excluding diaryl/α,β-unsaturated/α-hetero) is 1. The van der Waals surface area contributed by atoms with Gasteiger partial charge in [0.1, 0.15) is 23.7 Å². The maximum absolute atomic E-state index is 14.8. The van der Waals surface area contributed by atoms with E-state index in [-0.39, 0.29) is 30.2 Å². The number of aromatic nitrogens is 2. The maximum atomic E-state index is 14.8. The van der Waals surface area contributed by atoms with Gasteiger partial charge < -0.3 is 19.5 Å². The lowest BCUT2D eigenvalue weighted by molar-refractivity contribution is -0.116. The molecule has 8 nitrogen and oxygen atoms in total. The average Bonchev–Trinajstić information content (AvgIpc) is 3.32. The van der Waals surface area contributed by atoms with Gasteiger partial charge in [0.05, 0.1) is 43.1 Å². The summed E-state index contributed by atoms with van der Waals surface area (Å²) in [6.45, 7) is 2.68. The molecule has 2 atom stereocenters. The molecule has 0 spiro atoms. The molecule has 1 aromatic heterocycles. The number of benzene rings is 2. The van der Waals surface area contributed by atoms with Crippen LogP contribution in [0, 0.1) is 5.82 Å². The second kappa shape index (κ2) is 11.1. The van der Waals surface area contributed by atoms with E-state index in [4.69, 9.17) is 25.8 Å². The van der Waals surface area contributed by atoms with Crippen molar-refractivity contribution in [1.29, 1.82) is 0 Å². The van der Waals surface area contributed by atoms with Gasteiger partial charge >= 0.3 is 0 Å². The summed E-state index contributed by atoms with van der Waals surface area (Å²) in [5, 5.41) is 3.63. The number of allylic oxidation sites excluding steroid dienone is 1. The van der Waals surface area contributed by atoms with Gasteiger partial charge in [-0.2, -0.15) is 0 Å². The van der Waals surface area contributed by atoms with Gasteiger partial charge in [0.25, 0.3) is 0 Å². The highest BCUT2D eigenvalue weighted by Crippen LogP contribution is 2.31. The Morgan fingerprint density at radius 3 is 2.68 bits per heavy atom. The zero-order chi connectivity index (χ0) is 25.9. The van der Waals surface area contributed by atoms with Crippen molar-refractivity contribution in [2.75, 3.05) is 45.3 Å². The van der Waals surface area contributed by atoms with E-state index >= 15 is 0 Å². The first-order valence-corrected chi connectivity index (χ1v) is 12.2. The molecule has 3 aromatic rings. The standard InChI is InChI=1S/C26H25ClF2N4O4/c1-35-23-11-21-17(26(31-14-30-21)32-16-2-3-19(28)18(27)10-16)8-15(23)9-22(34)20(29)4-5-33-12-24-25(13-33)37-7-6-36-24/h2-4,8,10-11,14,24-25H,5-7,9,12-13H2,1H3,(H,30,31,32)/b20-4-/t24-,25-/m0/s1. The Bertz CT molecular complexity index is 1340. The molecule has 11 heteroatoms. The molecule has 0 bridgehead atoms. The number of carbonyl (C=O) groups is 1. The normalized spacial score (nSPS) is 20.2. The van der Waals surface area contributed by atoms with E-state index in [0.29, 0.717) is 60.0 Å². The zero-order valence-corrected chi connectivity index (χ0v) is 20.8. The number of halogens is 3. The number of methoxy groups -OCH3 is 1. The molecule has 2 aliphatic rings. The van der Waals surface area contributed by atoms with E-state index in [1.54, 1.807) is 12.1 Å². The number of ether oxygens (including phenoxy) is 3. The largest absolute Gasteiger partial charge is 0.496 e. The number of ketones is 1. The summed E-state index contributed by atoms with van der Waals surface area (Å²) >= 11 is 5.89. The summed E-state index contributed by atoms with van der Waals surface area (Å²) in [6.07, 6.45) is 2.42. The number of likely N-dealkylation sites (tertiary alicyclic amines) is 1. The number of hydrogen-bond donors (Lipinski definition) is 1. The first-order valence-electron chi connectivity index (χ1n) is 11.8. The van der Waals surface area contributed by atoms with Crippen LogP contribution in [0.4, 0.5) is 20.3 Å². The molecule has 0 aliphatic carbocycles. The van der Waals surface area contributed by atoms with Gasteiger partial charge in [-0.3, -0.25) is 9.69 Å². The summed E-state index contributed by atoms with van der Waals surface area (Å²) < 4.78 is 45.2. The van der Waals surface area contributed by atoms with E-state index in [1.807, 2.05) is 4.90 Å². The summed E-state index contributed by atoms with van der Waals surface area (Å²) in [5.41, 5.74) is 1.55. The van der Waals surface area contributed by atoms with E-state index in [1.165, 1.54) is 37.7 Å². The van der Waals surface area contributed by atoms with Crippen molar-refractivity contribution in [3.05, 3.63) is 65.0 Å². The van der Waals surface area contributed by atoms with Crippen molar-refractivity contribution in [1.82, 2.24) is 14.9 Å². The fourth-order valence-corrected chi connectivity index (χ4v) is 4.71. The number of nitrogens with zero attached hydrogens (tertiary/aromatic N) is 3. The average molecular weight is 531 g/mol. The quantitative estimate of drug-likeness (QED) is 0.433. The van der Waals surface area contributed by atoms with Crippen LogP contribution in [0.1, 0.15) is 5.56 Å². The van der Waals surface area contributed by atoms with Crippen molar-refractivity contribution in [2.24, 2.45) is 0 Å². The Morgan fingerprint density at radius 1 is 1.22 bits per heavy atom. The van der Waals surface area contributed by atoms with Gasteiger partial charge in [-0.05, 0) is 30.3 Å². The summed E-state index contributed by atoms with van der Waals surface area (Å²) in [7, 11) is 1.47. The monoisotopic (exact) mass is 530 g/mol. The predicted molar refractivity (Wildman–Crippen MR) is 135 cm³/mol. The Labute approximate surface area is 217 Å². The number of nitrogens with one attached hydrogen (secondary N) is 1. The van der Waals surface area contributed by atoms with Gasteiger partial charge in [-0.1, -0.05) is 11.6 Å². The lowest BCUT2D eigenvalue weighted by Crippen LogP contribution is -2.36. The van der Waals surface area contributed by atoms with Gasteiger partial charge in [0, 0.05) is 48.8 Å². The molecule has 0 radical (unpaired) electrons. The summed E-state index contributed by atoms with van der Waals surface area (Å²) in [4.78, 5) is 23.3. The number of rotatable bonds is 8. The van der Waals surface area contributed by atoms with E-state index in [9.17, 15) is 13.6 Å². The number of carbonyl (C=O) groups excluding carboxylic acids is 1. The zero-order valence-electron chi connectivity index (χ0n) is 20.0. The van der Waals surface area contributed by atoms with Crippen molar-refractivity contribution in [3.8, 4) is 5.75 Å². The van der Waals surface area contributed by atoms with Crippen LogP contribution < -0.4 is 10.1 Å². The third-order valence-electron chi connectivity index (χ3n) is 6.40. The maximum Gasteiger partial charge on any atom is 0.195 e. The first kappa shape index (κ1) is 25.5. The third kappa shape index (κ3) is 5.72. The van der Waals surface area contributed by atoms with Gasteiger partial charge in [0.2, 0.25) is 0 Å². The van der Waals surface area contributed by atoms with Crippen LogP contribution in [0.5, 0.6) is 5.75 Å². The highest BCUT2D eigenvalue weighted by Gasteiger charge is 2.36. The summed E-state index contributed by atoms with van der Waals surface area (Å²) in [5.74, 6) is -1.20. The molecule has 5 rings (SSSR count). The van der Waals surface area contributed by atoms with Gasteiger partial charge in [0.15, 0.2) is 11.6 Å². The smallest absolute Gasteiger partial charge is 0.195 e. The van der Waals surface area contributed by atoms with Crippen molar-refractivity contribution in [2.45, 2.75) is 18.6 Å². The molecule has 0 saturated carbocycles. The fraction of sp³-hybridized carbons (Fsp3) is 0.346. The van der Waals surface area contributed by atoms with E-state index in [2.05, 4.69) is 15.3 Å². The van der Waals surface area contributed by atoms with Crippen LogP contribution in [-0.2, 0) is 20.7 Å². The predicted octanol–water partition coefficient (Wildman–Crippen LogP) is 4.24. The van der Waals surface area contributed by atoms with Crippen LogP contribution in [0.25, 0.3) is 10.9 Å². The van der Waals surface area contributed by atoms with E-state index in [0.717, 1.165) is 0 Å². The fourth-order valence-electron chi connectivity index (χ4n) is 4.53. The minimum absolute atomic E-state index is 0.0151. The van der Waals surface area contributed by atoms with Crippen LogP contribution in [-0.4, -0.2) is 72.8 Å². The molecule has 2 fully saturated rings. The van der Waals surface area contributed by atoms with E-state index < -0.39 is 17.4 Å². The summed E-state index contributed by atoms with van der Waals surface area (Å²) in [6, 6.07) is 7.55. The molecule has 2 saturated heterocycles. The van der Waals surface area contributed by atoms with Gasteiger partial charge in [-0.15, -0.1) is 0 Å².